The molecule has 1 unspecified atom stereocenters. The van der Waals surface area contributed by atoms with Crippen LogP contribution in [-0.2, 0) is 0 Å². The summed E-state index contributed by atoms with van der Waals surface area (Å²) in [4.78, 5) is 0. The van der Waals surface area contributed by atoms with Crippen molar-refractivity contribution in [3.63, 3.8) is 0 Å². The zero-order chi connectivity index (χ0) is 13.6. The molecule has 96 valence electrons. The molecule has 1 heterocycles. The van der Waals surface area contributed by atoms with Gasteiger partial charge in [-0.1, -0.05) is 60.4 Å². The Morgan fingerprint density at radius 3 is 2.30 bits per heavy atom. The first-order valence-corrected chi connectivity index (χ1v) is 6.69. The molecule has 2 aromatic rings. The second-order valence-corrected chi connectivity index (χ2v) is 4.61. The van der Waals surface area contributed by atoms with Crippen molar-refractivity contribution in [2.24, 2.45) is 5.92 Å². The molecule has 0 bridgehead atoms. The minimum absolute atomic E-state index is 0.145. The Morgan fingerprint density at radius 2 is 1.55 bits per heavy atom. The molecule has 1 aliphatic heterocycles. The smallest absolute Gasteiger partial charge is 0.0607 e. The summed E-state index contributed by atoms with van der Waals surface area (Å²) in [6.07, 6.45) is 6.19. The summed E-state index contributed by atoms with van der Waals surface area (Å²) in [7, 11) is 0. The Morgan fingerprint density at radius 1 is 0.850 bits per heavy atom. The van der Waals surface area contributed by atoms with Gasteiger partial charge >= 0.3 is 0 Å². The van der Waals surface area contributed by atoms with Gasteiger partial charge in [0.2, 0.25) is 0 Å². The first-order chi connectivity index (χ1) is 9.92. The van der Waals surface area contributed by atoms with Crippen LogP contribution >= 0.6 is 0 Å². The number of hydrogen-bond donors (Lipinski definition) is 1. The second kappa shape index (κ2) is 5.95. The normalized spacial score (nSPS) is 16.6. The molecule has 0 saturated carbocycles. The molecule has 1 atom stereocenters. The van der Waals surface area contributed by atoms with Crippen LogP contribution in [-0.4, -0.2) is 0 Å². The van der Waals surface area contributed by atoms with Gasteiger partial charge in [0.05, 0.1) is 5.92 Å². The lowest BCUT2D eigenvalue weighted by Gasteiger charge is -2.14. The average molecular weight is 257 g/mol. The molecule has 0 fully saturated rings. The van der Waals surface area contributed by atoms with Crippen molar-refractivity contribution < 1.29 is 0 Å². The van der Waals surface area contributed by atoms with Crippen LogP contribution in [0.1, 0.15) is 11.1 Å². The van der Waals surface area contributed by atoms with Gasteiger partial charge in [0, 0.05) is 11.3 Å². The summed E-state index contributed by atoms with van der Waals surface area (Å²) in [5.41, 5.74) is 3.35. The van der Waals surface area contributed by atoms with Crippen molar-refractivity contribution in [1.29, 1.82) is 0 Å². The lowest BCUT2D eigenvalue weighted by atomic mass is 10.0. The van der Waals surface area contributed by atoms with E-state index in [-0.39, 0.29) is 5.92 Å². The summed E-state index contributed by atoms with van der Waals surface area (Å²) in [6, 6.07) is 20.4. The van der Waals surface area contributed by atoms with Crippen LogP contribution in [0.4, 0.5) is 0 Å². The molecule has 0 aromatic heterocycles. The molecule has 0 amide bonds. The molecule has 2 aromatic carbocycles. The van der Waals surface area contributed by atoms with Gasteiger partial charge in [-0.2, -0.15) is 0 Å². The molecule has 0 radical (unpaired) electrons. The highest BCUT2D eigenvalue weighted by molar-refractivity contribution is 5.67. The van der Waals surface area contributed by atoms with Gasteiger partial charge in [0.25, 0.3) is 0 Å². The fourth-order valence-corrected chi connectivity index (χ4v) is 2.10. The molecule has 1 nitrogen and oxygen atoms in total. The van der Waals surface area contributed by atoms with Crippen LogP contribution in [0.15, 0.2) is 79.0 Å². The summed E-state index contributed by atoms with van der Waals surface area (Å²) >= 11 is 0. The number of nitrogens with one attached hydrogen (secondary N) is 1. The summed E-state index contributed by atoms with van der Waals surface area (Å²) in [5.74, 6) is 6.64. The van der Waals surface area contributed by atoms with Gasteiger partial charge in [-0.3, -0.25) is 0 Å². The summed E-state index contributed by atoms with van der Waals surface area (Å²) in [6.45, 7) is 0. The lowest BCUT2D eigenvalue weighted by molar-refractivity contribution is 1.02. The van der Waals surface area contributed by atoms with Crippen LogP contribution < -0.4 is 5.32 Å². The van der Waals surface area contributed by atoms with Crippen LogP contribution in [0, 0.1) is 17.8 Å². The number of benzene rings is 2. The molecular weight excluding hydrogens is 242 g/mol. The Kier molecular flexibility index (Phi) is 3.66. The largest absolute Gasteiger partial charge is 0.362 e. The molecule has 0 spiro atoms. The number of allylic oxidation sites excluding steroid dienone is 2. The highest BCUT2D eigenvalue weighted by Crippen LogP contribution is 2.17. The third kappa shape index (κ3) is 2.99. The standard InChI is InChI=1S/C19H15N/c1-3-7-16(8-4-1)11-12-17-13-14-20-19(15-17)18-9-5-2-6-10-18/h1-10,13-15,17,20H. The highest BCUT2D eigenvalue weighted by Gasteiger charge is 2.06. The van der Waals surface area contributed by atoms with E-state index in [9.17, 15) is 0 Å². The van der Waals surface area contributed by atoms with Gasteiger partial charge in [0.1, 0.15) is 0 Å². The molecule has 1 N–H and O–H groups in total. The maximum atomic E-state index is 3.28. The van der Waals surface area contributed by atoms with Crippen LogP contribution in [0.25, 0.3) is 5.70 Å². The van der Waals surface area contributed by atoms with Crippen molar-refractivity contribution in [3.8, 4) is 11.8 Å². The van der Waals surface area contributed by atoms with E-state index in [0.29, 0.717) is 0 Å². The fraction of sp³-hybridized carbons (Fsp3) is 0.0526. The third-order valence-electron chi connectivity index (χ3n) is 3.13. The van der Waals surface area contributed by atoms with Crippen molar-refractivity contribution in [2.75, 3.05) is 0 Å². The average Bonchev–Trinajstić information content (AvgIpc) is 2.55. The van der Waals surface area contributed by atoms with E-state index in [1.54, 1.807) is 0 Å². The van der Waals surface area contributed by atoms with Gasteiger partial charge in [-0.25, -0.2) is 0 Å². The van der Waals surface area contributed by atoms with E-state index in [1.807, 2.05) is 54.7 Å². The van der Waals surface area contributed by atoms with Crippen LogP contribution in [0.3, 0.4) is 0 Å². The second-order valence-electron chi connectivity index (χ2n) is 4.61. The van der Waals surface area contributed by atoms with Crippen molar-refractivity contribution in [3.05, 3.63) is 90.1 Å². The summed E-state index contributed by atoms with van der Waals surface area (Å²) in [5, 5.41) is 3.28. The van der Waals surface area contributed by atoms with E-state index in [2.05, 4.69) is 41.4 Å². The lowest BCUT2D eigenvalue weighted by Crippen LogP contribution is -2.10. The number of dihydropyridines is 1. The predicted molar refractivity (Wildman–Crippen MR) is 83.5 cm³/mol. The van der Waals surface area contributed by atoms with Crippen LogP contribution in [0.2, 0.25) is 0 Å². The predicted octanol–water partition coefficient (Wildman–Crippen LogP) is 3.81. The molecule has 0 saturated heterocycles. The van der Waals surface area contributed by atoms with Gasteiger partial charge in [-0.05, 0) is 36.0 Å². The minimum atomic E-state index is 0.145. The van der Waals surface area contributed by atoms with Crippen molar-refractivity contribution in [1.82, 2.24) is 5.32 Å². The third-order valence-corrected chi connectivity index (χ3v) is 3.13. The molecule has 20 heavy (non-hydrogen) atoms. The maximum absolute atomic E-state index is 3.28. The zero-order valence-corrected chi connectivity index (χ0v) is 11.1. The van der Waals surface area contributed by atoms with Gasteiger partial charge < -0.3 is 5.32 Å². The van der Waals surface area contributed by atoms with E-state index < -0.39 is 0 Å². The highest BCUT2D eigenvalue weighted by atomic mass is 14.9. The van der Waals surface area contributed by atoms with E-state index >= 15 is 0 Å². The quantitative estimate of drug-likeness (QED) is 0.766. The van der Waals surface area contributed by atoms with Crippen LogP contribution in [0.5, 0.6) is 0 Å². The van der Waals surface area contributed by atoms with E-state index in [4.69, 9.17) is 0 Å². The van der Waals surface area contributed by atoms with E-state index in [1.165, 1.54) is 5.56 Å². The Bertz CT molecular complexity index is 685. The van der Waals surface area contributed by atoms with Crippen molar-refractivity contribution in [2.45, 2.75) is 0 Å². The fourth-order valence-electron chi connectivity index (χ4n) is 2.10. The Labute approximate surface area is 119 Å². The monoisotopic (exact) mass is 257 g/mol. The SMILES string of the molecule is C(#CC1C=CNC(c2ccccc2)=C1)c1ccccc1. The number of rotatable bonds is 1. The molecule has 1 aliphatic rings. The van der Waals surface area contributed by atoms with Crippen molar-refractivity contribution >= 4 is 5.70 Å². The van der Waals surface area contributed by atoms with Gasteiger partial charge in [-0.15, -0.1) is 0 Å². The molecule has 1 heteroatoms. The first-order valence-electron chi connectivity index (χ1n) is 6.69. The molecule has 3 rings (SSSR count). The maximum Gasteiger partial charge on any atom is 0.0607 e. The zero-order valence-electron chi connectivity index (χ0n) is 11.1. The summed E-state index contributed by atoms with van der Waals surface area (Å²) < 4.78 is 0. The minimum Gasteiger partial charge on any atom is -0.362 e. The van der Waals surface area contributed by atoms with E-state index in [0.717, 1.165) is 11.3 Å². The Hall–Kier alpha value is -2.72. The topological polar surface area (TPSA) is 12.0 Å². The molecular formula is C19H15N. The Balaban J connectivity index is 1.82. The number of hydrogen-bond acceptors (Lipinski definition) is 1. The first kappa shape index (κ1) is 12.3. The molecule has 0 aliphatic carbocycles. The van der Waals surface area contributed by atoms with Gasteiger partial charge in [0.15, 0.2) is 0 Å².